The first-order valence-electron chi connectivity index (χ1n) is 14.7. The largest absolute Gasteiger partial charge is 0.379 e. The van der Waals surface area contributed by atoms with E-state index < -0.39 is 0 Å². The molecular weight excluding hydrogens is 408 g/mol. The highest BCUT2D eigenvalue weighted by Gasteiger charge is 2.09. The predicted molar refractivity (Wildman–Crippen MR) is 145 cm³/mol. The number of unbranched alkanes of at least 4 members (excludes halogenated alkanes) is 18. The molecule has 0 aromatic heterocycles. The topological polar surface area (TPSA) is 27.7 Å². The van der Waals surface area contributed by atoms with Crippen molar-refractivity contribution in [3.63, 3.8) is 0 Å². The van der Waals surface area contributed by atoms with Crippen molar-refractivity contribution in [3.8, 4) is 0 Å². The van der Waals surface area contributed by atoms with E-state index in [2.05, 4.69) is 20.4 Å². The molecular formula is C30H60O3. The van der Waals surface area contributed by atoms with E-state index >= 15 is 0 Å². The molecule has 0 amide bonds. The Hall–Kier alpha value is -0.380. The van der Waals surface area contributed by atoms with Gasteiger partial charge in [0.1, 0.15) is 6.10 Å². The van der Waals surface area contributed by atoms with Crippen LogP contribution in [0, 0.1) is 0 Å². The first-order valence-corrected chi connectivity index (χ1v) is 14.7. The molecule has 0 saturated carbocycles. The molecule has 33 heavy (non-hydrogen) atoms. The summed E-state index contributed by atoms with van der Waals surface area (Å²) in [6.45, 7) is 11.8. The molecule has 0 fully saturated rings. The van der Waals surface area contributed by atoms with Crippen LogP contribution in [0.15, 0.2) is 12.7 Å². The zero-order valence-electron chi connectivity index (χ0n) is 22.8. The average molecular weight is 469 g/mol. The van der Waals surface area contributed by atoms with Crippen molar-refractivity contribution in [3.05, 3.63) is 12.7 Å². The number of hydrogen-bond donors (Lipinski definition) is 0. The number of hydrogen-bond acceptors (Lipinski definition) is 3. The minimum absolute atomic E-state index is 0.0224. The van der Waals surface area contributed by atoms with Crippen LogP contribution in [0.2, 0.25) is 0 Å². The maximum absolute atomic E-state index is 5.88. The van der Waals surface area contributed by atoms with Gasteiger partial charge in [-0.2, -0.15) is 0 Å². The Morgan fingerprint density at radius 3 is 1.18 bits per heavy atom. The molecule has 0 aliphatic carbocycles. The third-order valence-corrected chi connectivity index (χ3v) is 6.34. The maximum atomic E-state index is 5.88. The molecule has 0 N–H and O–H groups in total. The smallest absolute Gasteiger partial charge is 0.104 e. The third-order valence-electron chi connectivity index (χ3n) is 6.34. The van der Waals surface area contributed by atoms with Gasteiger partial charge >= 0.3 is 0 Å². The molecule has 0 aromatic rings. The molecule has 3 heteroatoms. The molecule has 198 valence electrons. The van der Waals surface area contributed by atoms with Crippen LogP contribution in [0.25, 0.3) is 0 Å². The number of ether oxygens (including phenoxy) is 3. The van der Waals surface area contributed by atoms with Gasteiger partial charge in [0, 0.05) is 13.2 Å². The molecule has 0 aromatic carbocycles. The Bertz CT molecular complexity index is 330. The Morgan fingerprint density at radius 2 is 0.848 bits per heavy atom. The lowest BCUT2D eigenvalue weighted by atomic mass is 10.1. The van der Waals surface area contributed by atoms with Gasteiger partial charge in [-0.1, -0.05) is 135 Å². The Morgan fingerprint density at radius 1 is 0.515 bits per heavy atom. The lowest BCUT2D eigenvalue weighted by molar-refractivity contribution is -0.0526. The van der Waals surface area contributed by atoms with Crippen molar-refractivity contribution in [2.45, 2.75) is 148 Å². The predicted octanol–water partition coefficient (Wildman–Crippen LogP) is 9.43. The van der Waals surface area contributed by atoms with Gasteiger partial charge in [-0.15, -0.1) is 6.58 Å². The van der Waals surface area contributed by atoms with Gasteiger partial charge in [0.15, 0.2) is 0 Å². The first kappa shape index (κ1) is 32.6. The number of rotatable bonds is 29. The quantitative estimate of drug-likeness (QED) is 0.0808. The Kier molecular flexibility index (Phi) is 29.3. The lowest BCUT2D eigenvalue weighted by Crippen LogP contribution is -2.26. The summed E-state index contributed by atoms with van der Waals surface area (Å²) in [5, 5.41) is 0. The average Bonchev–Trinajstić information content (AvgIpc) is 2.83. The molecule has 0 rings (SSSR count). The fourth-order valence-corrected chi connectivity index (χ4v) is 4.16. The van der Waals surface area contributed by atoms with Crippen LogP contribution >= 0.6 is 0 Å². The van der Waals surface area contributed by atoms with Crippen LogP contribution in [0.3, 0.4) is 0 Å². The van der Waals surface area contributed by atoms with Crippen LogP contribution in [0.4, 0.5) is 0 Å². The second kappa shape index (κ2) is 29.7. The zero-order valence-corrected chi connectivity index (χ0v) is 22.8. The lowest BCUT2D eigenvalue weighted by Gasteiger charge is -2.17. The van der Waals surface area contributed by atoms with E-state index in [1.807, 2.05) is 0 Å². The molecule has 0 bridgehead atoms. The minimum atomic E-state index is 0.0224. The van der Waals surface area contributed by atoms with E-state index in [1.165, 1.54) is 116 Å². The van der Waals surface area contributed by atoms with Crippen molar-refractivity contribution in [2.75, 3.05) is 33.0 Å². The molecule has 0 saturated heterocycles. The van der Waals surface area contributed by atoms with E-state index in [0.717, 1.165) is 26.1 Å². The van der Waals surface area contributed by atoms with Gasteiger partial charge in [-0.25, -0.2) is 0 Å². The van der Waals surface area contributed by atoms with E-state index in [-0.39, 0.29) is 6.10 Å². The fraction of sp³-hybridized carbons (Fsp3) is 0.933. The van der Waals surface area contributed by atoms with E-state index in [0.29, 0.717) is 19.8 Å². The molecule has 0 atom stereocenters. The summed E-state index contributed by atoms with van der Waals surface area (Å²) in [7, 11) is 0. The van der Waals surface area contributed by atoms with Crippen LogP contribution < -0.4 is 0 Å². The summed E-state index contributed by atoms with van der Waals surface area (Å²) in [6.07, 6.45) is 28.9. The first-order chi connectivity index (χ1) is 16.3. The molecule has 0 spiro atoms. The monoisotopic (exact) mass is 468 g/mol. The van der Waals surface area contributed by atoms with Crippen molar-refractivity contribution < 1.29 is 14.2 Å². The standard InChI is InChI=1S/C30H60O3/c1-4-7-9-11-13-15-17-19-21-23-26-31-28-30(33-25-6-3)29-32-27-24-22-20-18-16-14-12-10-8-5-2/h6,30H,3-5,7-29H2,1-2H3. The maximum Gasteiger partial charge on any atom is 0.104 e. The van der Waals surface area contributed by atoms with E-state index in [9.17, 15) is 0 Å². The third kappa shape index (κ3) is 27.7. The van der Waals surface area contributed by atoms with Gasteiger partial charge in [0.2, 0.25) is 0 Å². The molecule has 0 aliphatic rings. The highest BCUT2D eigenvalue weighted by Crippen LogP contribution is 2.12. The molecule has 0 heterocycles. The summed E-state index contributed by atoms with van der Waals surface area (Å²) in [4.78, 5) is 0. The van der Waals surface area contributed by atoms with Gasteiger partial charge in [0.05, 0.1) is 19.8 Å². The van der Waals surface area contributed by atoms with Crippen LogP contribution in [0.5, 0.6) is 0 Å². The van der Waals surface area contributed by atoms with Gasteiger partial charge in [0.25, 0.3) is 0 Å². The summed E-state index contributed by atoms with van der Waals surface area (Å²) >= 11 is 0. The highest BCUT2D eigenvalue weighted by atomic mass is 16.6. The SMILES string of the molecule is C=CCOC(COCCCCCCCCCCCC)COCCCCCCCCCCCC. The van der Waals surface area contributed by atoms with Crippen LogP contribution in [-0.2, 0) is 14.2 Å². The van der Waals surface area contributed by atoms with Gasteiger partial charge in [-0.3, -0.25) is 0 Å². The van der Waals surface area contributed by atoms with Gasteiger partial charge in [-0.05, 0) is 12.8 Å². The highest BCUT2D eigenvalue weighted by molar-refractivity contribution is 4.67. The molecule has 0 unspecified atom stereocenters. The fourth-order valence-electron chi connectivity index (χ4n) is 4.16. The Labute approximate surface area is 208 Å². The minimum Gasteiger partial charge on any atom is -0.379 e. The molecule has 0 radical (unpaired) electrons. The second-order valence-electron chi connectivity index (χ2n) is 9.76. The molecule has 0 aliphatic heterocycles. The molecule has 3 nitrogen and oxygen atoms in total. The summed E-state index contributed by atoms with van der Waals surface area (Å²) in [6, 6.07) is 0. The normalized spacial score (nSPS) is 11.5. The van der Waals surface area contributed by atoms with Crippen LogP contribution in [-0.4, -0.2) is 39.1 Å². The summed E-state index contributed by atoms with van der Waals surface area (Å²) < 4.78 is 17.6. The summed E-state index contributed by atoms with van der Waals surface area (Å²) in [5.74, 6) is 0. The summed E-state index contributed by atoms with van der Waals surface area (Å²) in [5.41, 5.74) is 0. The van der Waals surface area contributed by atoms with Crippen molar-refractivity contribution >= 4 is 0 Å². The van der Waals surface area contributed by atoms with Crippen molar-refractivity contribution in [2.24, 2.45) is 0 Å². The second-order valence-corrected chi connectivity index (χ2v) is 9.76. The Balaban J connectivity index is 3.50. The zero-order chi connectivity index (χ0) is 24.1. The van der Waals surface area contributed by atoms with E-state index in [1.54, 1.807) is 6.08 Å². The van der Waals surface area contributed by atoms with Gasteiger partial charge < -0.3 is 14.2 Å². The van der Waals surface area contributed by atoms with Crippen molar-refractivity contribution in [1.82, 2.24) is 0 Å². The van der Waals surface area contributed by atoms with Crippen LogP contribution in [0.1, 0.15) is 142 Å². The van der Waals surface area contributed by atoms with E-state index in [4.69, 9.17) is 14.2 Å². The van der Waals surface area contributed by atoms with Crippen molar-refractivity contribution in [1.29, 1.82) is 0 Å².